The van der Waals surface area contributed by atoms with Crippen molar-refractivity contribution in [2.24, 2.45) is 5.41 Å². The first-order valence-corrected chi connectivity index (χ1v) is 12.3. The largest absolute Gasteiger partial charge is 0.398 e. The molecule has 3 rings (SSSR count). The molecule has 4 N–H and O–H groups in total. The summed E-state index contributed by atoms with van der Waals surface area (Å²) >= 11 is 0. The van der Waals surface area contributed by atoms with Crippen LogP contribution < -0.4 is 11.1 Å². The molecule has 0 amide bonds. The molecule has 1 saturated carbocycles. The van der Waals surface area contributed by atoms with E-state index in [4.69, 9.17) is 11.1 Å². The molecule has 1 aliphatic carbocycles. The first-order valence-electron chi connectivity index (χ1n) is 12.3. The predicted molar refractivity (Wildman–Crippen MR) is 155 cm³/mol. The number of nitrogen functional groups attached to an aromatic ring is 1. The normalized spacial score (nSPS) is 19.7. The van der Waals surface area contributed by atoms with E-state index >= 15 is 0 Å². The number of carbonyl (C=O) groups is 1. The molecule has 2 unspecified atom stereocenters. The number of rotatable bonds is 10. The summed E-state index contributed by atoms with van der Waals surface area (Å²) < 4.78 is 13.2. The minimum atomic E-state index is -0.445. The van der Waals surface area contributed by atoms with E-state index in [2.05, 4.69) is 41.8 Å². The maximum atomic E-state index is 13.2. The molecule has 1 aliphatic rings. The fourth-order valence-electron chi connectivity index (χ4n) is 4.82. The maximum Gasteiger partial charge on any atom is 0.126 e. The molecule has 0 radical (unpaired) electrons. The fourth-order valence-corrected chi connectivity index (χ4v) is 4.82. The summed E-state index contributed by atoms with van der Waals surface area (Å²) in [5.41, 5.74) is 12.0. The van der Waals surface area contributed by atoms with Crippen molar-refractivity contribution < 1.29 is 9.18 Å². The van der Waals surface area contributed by atoms with Crippen molar-refractivity contribution in [1.29, 1.82) is 5.41 Å². The Hall–Kier alpha value is -3.38. The zero-order valence-corrected chi connectivity index (χ0v) is 21.5. The van der Waals surface area contributed by atoms with Gasteiger partial charge in [-0.05, 0) is 99.2 Å². The Morgan fingerprint density at radius 1 is 1.27 bits per heavy atom. The van der Waals surface area contributed by atoms with Crippen molar-refractivity contribution >= 4 is 18.7 Å². The molecule has 0 saturated heterocycles. The van der Waals surface area contributed by atoms with Crippen LogP contribution in [-0.4, -0.2) is 24.0 Å². The molecule has 0 spiro atoms. The molecule has 0 bridgehead atoms. The Kier molecular flexibility index (Phi) is 13.4. The number of carbonyl (C=O) groups excluding carboxylic acids is 1. The third-order valence-electron chi connectivity index (χ3n) is 6.63. The molecule has 1 aromatic carbocycles. The van der Waals surface area contributed by atoms with Gasteiger partial charge in [-0.15, -0.1) is 0 Å². The van der Waals surface area contributed by atoms with Gasteiger partial charge >= 0.3 is 0 Å². The van der Waals surface area contributed by atoms with Gasteiger partial charge in [-0.1, -0.05) is 44.7 Å². The number of benzene rings is 1. The molecule has 1 fully saturated rings. The second-order valence-corrected chi connectivity index (χ2v) is 9.55. The number of nitrogens with one attached hydrogen (secondary N) is 2. The van der Waals surface area contributed by atoms with Crippen molar-refractivity contribution in [3.8, 4) is 0 Å². The number of pyridine rings is 1. The van der Waals surface area contributed by atoms with Crippen LogP contribution in [0, 0.1) is 17.7 Å². The number of aryl methyl sites for hydroxylation is 1. The molecule has 1 heterocycles. The zero-order chi connectivity index (χ0) is 26.6. The van der Waals surface area contributed by atoms with Crippen LogP contribution in [0.2, 0.25) is 0 Å². The lowest BCUT2D eigenvalue weighted by Crippen LogP contribution is -2.40. The predicted octanol–water partition coefficient (Wildman–Crippen LogP) is 7.06. The highest BCUT2D eigenvalue weighted by Crippen LogP contribution is 2.40. The van der Waals surface area contributed by atoms with Crippen LogP contribution in [0.4, 0.5) is 10.1 Å². The Balaban J connectivity index is 0.00000223. The van der Waals surface area contributed by atoms with E-state index in [1.165, 1.54) is 24.1 Å². The molecule has 2 atom stereocenters. The van der Waals surface area contributed by atoms with E-state index in [1.807, 2.05) is 25.3 Å². The summed E-state index contributed by atoms with van der Waals surface area (Å²) in [6, 6.07) is 10.5. The molecule has 0 aliphatic heterocycles. The number of hydrogen-bond acceptors (Lipinski definition) is 5. The average Bonchev–Trinajstić information content (AvgIpc) is 2.88. The van der Waals surface area contributed by atoms with Gasteiger partial charge in [0.2, 0.25) is 0 Å². The van der Waals surface area contributed by atoms with Crippen molar-refractivity contribution in [1.82, 2.24) is 10.3 Å². The lowest BCUT2D eigenvalue weighted by molar-refractivity contribution is -0.118. The molecule has 5 nitrogen and oxygen atoms in total. The lowest BCUT2D eigenvalue weighted by atomic mass is 9.69. The number of aromatic nitrogens is 1. The number of aldehydes is 1. The number of allylic oxidation sites excluding steroid dienone is 5. The van der Waals surface area contributed by atoms with E-state index in [-0.39, 0.29) is 19.3 Å². The van der Waals surface area contributed by atoms with Gasteiger partial charge < -0.3 is 21.3 Å². The van der Waals surface area contributed by atoms with Crippen LogP contribution in [0.5, 0.6) is 0 Å². The number of halogens is 1. The van der Waals surface area contributed by atoms with Crippen LogP contribution in [0.1, 0.15) is 68.8 Å². The number of nitrogens with zero attached hydrogens (tertiary/aromatic N) is 1. The Morgan fingerprint density at radius 2 is 2.03 bits per heavy atom. The van der Waals surface area contributed by atoms with Crippen LogP contribution >= 0.6 is 0 Å². The fraction of sp³-hybridized carbons (Fsp3) is 0.387. The van der Waals surface area contributed by atoms with Gasteiger partial charge in [0.25, 0.3) is 0 Å². The molecule has 200 valence electrons. The van der Waals surface area contributed by atoms with Gasteiger partial charge in [-0.2, -0.15) is 0 Å². The summed E-state index contributed by atoms with van der Waals surface area (Å²) in [5.74, 6) is -0.260. The Labute approximate surface area is 222 Å². The topological polar surface area (TPSA) is 91.9 Å². The van der Waals surface area contributed by atoms with E-state index < -0.39 is 5.41 Å². The van der Waals surface area contributed by atoms with Crippen LogP contribution in [0.25, 0.3) is 0 Å². The zero-order valence-electron chi connectivity index (χ0n) is 21.5. The summed E-state index contributed by atoms with van der Waals surface area (Å²) in [5, 5.41) is 9.16. The first-order chi connectivity index (χ1) is 17.3. The van der Waals surface area contributed by atoms with E-state index in [9.17, 15) is 9.18 Å². The van der Waals surface area contributed by atoms with E-state index in [0.29, 0.717) is 6.42 Å². The third-order valence-corrected chi connectivity index (χ3v) is 6.63. The van der Waals surface area contributed by atoms with Gasteiger partial charge in [-0.25, -0.2) is 4.39 Å². The van der Waals surface area contributed by atoms with Crippen LogP contribution in [-0.2, 0) is 17.8 Å². The van der Waals surface area contributed by atoms with Gasteiger partial charge in [0.15, 0.2) is 0 Å². The van der Waals surface area contributed by atoms with E-state index in [0.717, 1.165) is 67.5 Å². The lowest BCUT2D eigenvalue weighted by Gasteiger charge is -2.37. The maximum absolute atomic E-state index is 13.2. The Morgan fingerprint density at radius 3 is 2.68 bits per heavy atom. The van der Waals surface area contributed by atoms with Gasteiger partial charge in [0.05, 0.1) is 5.83 Å². The van der Waals surface area contributed by atoms with Crippen molar-refractivity contribution in [3.63, 3.8) is 0 Å². The second-order valence-electron chi connectivity index (χ2n) is 9.55. The molecule has 37 heavy (non-hydrogen) atoms. The van der Waals surface area contributed by atoms with Crippen molar-refractivity contribution in [2.75, 3.05) is 5.73 Å². The summed E-state index contributed by atoms with van der Waals surface area (Å²) in [6.07, 6.45) is 12.8. The summed E-state index contributed by atoms with van der Waals surface area (Å²) in [6.45, 7) is 10.5. The van der Waals surface area contributed by atoms with E-state index in [1.54, 1.807) is 12.2 Å². The Bertz CT molecular complexity index is 1090. The molecule has 6 heteroatoms. The quantitative estimate of drug-likeness (QED) is 0.139. The number of hydrogen-bond donors (Lipinski definition) is 3. The molecule has 1 aromatic heterocycles. The highest BCUT2D eigenvalue weighted by molar-refractivity contribution is 5.61. The SMILES string of the molecule is C.C=C/C(=C\C=C(/C)F)CC1(C=O)CCCC(NCc2ccc(N)c(Cc3ccnc(C)c3)c2)C1.C=N. The minimum Gasteiger partial charge on any atom is -0.398 e. The van der Waals surface area contributed by atoms with Gasteiger partial charge in [0.1, 0.15) is 6.29 Å². The minimum absolute atomic E-state index is 0. The first kappa shape index (κ1) is 31.6. The van der Waals surface area contributed by atoms with Crippen LogP contribution in [0.15, 0.2) is 72.7 Å². The van der Waals surface area contributed by atoms with Gasteiger partial charge in [-0.3, -0.25) is 4.98 Å². The number of anilines is 1. The van der Waals surface area contributed by atoms with Crippen LogP contribution in [0.3, 0.4) is 0 Å². The highest BCUT2D eigenvalue weighted by atomic mass is 19.1. The van der Waals surface area contributed by atoms with Crippen molar-refractivity contribution in [3.05, 3.63) is 95.1 Å². The standard InChI is InChI=1S/C29H36FN3O.CH3N.CH4/c1-4-23(8-7-21(2)30)17-29(20-34)12-5-6-27(18-29)33-19-25-9-10-28(31)26(16-25)15-24-11-13-32-22(3)14-24;1-2;/h4,7-11,13-14,16,20,27,33H,1,5-6,12,15,17-19,31H2,2-3H3;2H,1H2;1H4/b21-7+,23-8+;;. The third kappa shape index (κ3) is 9.89. The summed E-state index contributed by atoms with van der Waals surface area (Å²) in [7, 11) is 0. The average molecular weight is 507 g/mol. The number of nitrogens with two attached hydrogens (primary N) is 1. The van der Waals surface area contributed by atoms with Crippen molar-refractivity contribution in [2.45, 2.75) is 72.4 Å². The second kappa shape index (κ2) is 15.7. The molecule has 2 aromatic rings. The molecular formula is C31H43FN4O. The van der Waals surface area contributed by atoms with Gasteiger partial charge in [0, 0.05) is 35.6 Å². The smallest absolute Gasteiger partial charge is 0.126 e. The molecular weight excluding hydrogens is 463 g/mol. The highest BCUT2D eigenvalue weighted by Gasteiger charge is 2.36. The summed E-state index contributed by atoms with van der Waals surface area (Å²) in [4.78, 5) is 16.4. The monoisotopic (exact) mass is 506 g/mol.